The molecule has 3 aromatic rings. The van der Waals surface area contributed by atoms with Crippen molar-refractivity contribution in [2.24, 2.45) is 0 Å². The minimum atomic E-state index is -0.511. The van der Waals surface area contributed by atoms with Crippen LogP contribution in [0, 0.1) is 0 Å². The highest BCUT2D eigenvalue weighted by Gasteiger charge is 2.31. The van der Waals surface area contributed by atoms with Crippen LogP contribution in [0.25, 0.3) is 5.69 Å². The molecule has 1 fully saturated rings. The molecule has 0 bridgehead atoms. The van der Waals surface area contributed by atoms with Crippen molar-refractivity contribution < 1.29 is 9.59 Å². The van der Waals surface area contributed by atoms with E-state index in [2.05, 4.69) is 20.8 Å². The highest BCUT2D eigenvalue weighted by atomic mass is 32.2. The Bertz CT molecular complexity index is 987. The summed E-state index contributed by atoms with van der Waals surface area (Å²) in [6, 6.07) is 18.9. The number of nitrogens with one attached hydrogen (secondary N) is 2. The summed E-state index contributed by atoms with van der Waals surface area (Å²) in [4.78, 5) is 24.1. The lowest BCUT2D eigenvalue weighted by atomic mass is 10.2. The van der Waals surface area contributed by atoms with Gasteiger partial charge in [-0.1, -0.05) is 60.3 Å². The topological polar surface area (TPSA) is 88.9 Å². The van der Waals surface area contributed by atoms with Gasteiger partial charge in [-0.25, -0.2) is 4.79 Å². The molecule has 0 spiro atoms. The molecule has 1 heterocycles. The first kappa shape index (κ1) is 19.2. The number of urea groups is 1. The van der Waals surface area contributed by atoms with Crippen molar-refractivity contribution in [3.63, 3.8) is 0 Å². The van der Waals surface area contributed by atoms with Gasteiger partial charge < -0.3 is 5.32 Å². The van der Waals surface area contributed by atoms with Crippen molar-refractivity contribution >= 4 is 23.7 Å². The van der Waals surface area contributed by atoms with Crippen molar-refractivity contribution in [3.8, 4) is 5.69 Å². The van der Waals surface area contributed by atoms with Gasteiger partial charge in [0.1, 0.15) is 5.82 Å². The van der Waals surface area contributed by atoms with E-state index in [4.69, 9.17) is 0 Å². The smallest absolute Gasteiger partial charge is 0.321 e. The van der Waals surface area contributed by atoms with Crippen LogP contribution < -0.4 is 10.6 Å². The molecule has 1 aliphatic carbocycles. The number of hydrogen-bond donors (Lipinski definition) is 2. The summed E-state index contributed by atoms with van der Waals surface area (Å²) in [6.07, 6.45) is 2.22. The van der Waals surface area contributed by atoms with Crippen molar-refractivity contribution in [3.05, 3.63) is 72.1 Å². The quantitative estimate of drug-likeness (QED) is 0.587. The molecular weight excluding hydrogens is 386 g/mol. The third-order valence-corrected chi connectivity index (χ3v) is 5.43. The molecule has 0 radical (unpaired) electrons. The van der Waals surface area contributed by atoms with Gasteiger partial charge in [-0.15, -0.1) is 10.2 Å². The maximum Gasteiger partial charge on any atom is 0.321 e. The standard InChI is InChI=1S/C21H21N5O2S/c27-18(23-20(28)22-13-15-7-3-1-4-8-15)14-29-21-25-24-19(16-11-12-16)26(21)17-9-5-2-6-10-17/h1-10,16H,11-14H2,(H2,22,23,27,28). The maximum absolute atomic E-state index is 12.2. The molecule has 1 aliphatic rings. The fraction of sp³-hybridized carbons (Fsp3) is 0.238. The van der Waals surface area contributed by atoms with E-state index in [9.17, 15) is 9.59 Å². The summed E-state index contributed by atoms with van der Waals surface area (Å²) in [6.45, 7) is 0.361. The van der Waals surface area contributed by atoms with Crippen LogP contribution in [0.2, 0.25) is 0 Å². The number of carbonyl (C=O) groups is 2. The lowest BCUT2D eigenvalue weighted by Crippen LogP contribution is -2.40. The number of benzene rings is 2. The summed E-state index contributed by atoms with van der Waals surface area (Å²) < 4.78 is 2.01. The van der Waals surface area contributed by atoms with Crippen molar-refractivity contribution in [2.45, 2.75) is 30.5 Å². The molecule has 3 amide bonds. The summed E-state index contributed by atoms with van der Waals surface area (Å²) in [5, 5.41) is 14.3. The molecule has 8 heteroatoms. The number of carbonyl (C=O) groups excluding carboxylic acids is 2. The van der Waals surface area contributed by atoms with Gasteiger partial charge in [0.25, 0.3) is 0 Å². The van der Waals surface area contributed by atoms with E-state index in [0.717, 1.165) is 29.9 Å². The second-order valence-corrected chi connectivity index (χ2v) is 7.73. The number of imide groups is 1. The largest absolute Gasteiger partial charge is 0.334 e. The first-order valence-corrected chi connectivity index (χ1v) is 10.4. The molecule has 29 heavy (non-hydrogen) atoms. The molecule has 7 nitrogen and oxygen atoms in total. The third-order valence-electron chi connectivity index (χ3n) is 4.50. The molecule has 148 valence electrons. The fourth-order valence-electron chi connectivity index (χ4n) is 2.92. The Morgan fingerprint density at radius 2 is 1.69 bits per heavy atom. The number of aromatic nitrogens is 3. The first-order valence-electron chi connectivity index (χ1n) is 9.46. The molecule has 0 unspecified atom stereocenters. The Morgan fingerprint density at radius 1 is 1.00 bits per heavy atom. The van der Waals surface area contributed by atoms with E-state index in [1.54, 1.807) is 0 Å². The van der Waals surface area contributed by atoms with E-state index in [-0.39, 0.29) is 11.7 Å². The van der Waals surface area contributed by atoms with Crippen LogP contribution in [0.5, 0.6) is 0 Å². The van der Waals surface area contributed by atoms with Gasteiger partial charge in [-0.3, -0.25) is 14.7 Å². The van der Waals surface area contributed by atoms with Crippen LogP contribution >= 0.6 is 11.8 Å². The van der Waals surface area contributed by atoms with E-state index < -0.39 is 6.03 Å². The number of amides is 3. The number of rotatable bonds is 7. The van der Waals surface area contributed by atoms with Crippen LogP contribution in [0.4, 0.5) is 4.79 Å². The highest BCUT2D eigenvalue weighted by Crippen LogP contribution is 2.41. The van der Waals surface area contributed by atoms with Crippen LogP contribution in [0.3, 0.4) is 0 Å². The molecule has 0 saturated heterocycles. The molecule has 1 aromatic heterocycles. The predicted molar refractivity (Wildman–Crippen MR) is 111 cm³/mol. The number of nitrogens with zero attached hydrogens (tertiary/aromatic N) is 3. The zero-order valence-corrected chi connectivity index (χ0v) is 16.6. The van der Waals surface area contributed by atoms with E-state index >= 15 is 0 Å². The Kier molecular flexibility index (Phi) is 5.90. The van der Waals surface area contributed by atoms with Gasteiger partial charge in [-0.2, -0.15) is 0 Å². The van der Waals surface area contributed by atoms with Crippen LogP contribution in [-0.2, 0) is 11.3 Å². The fourth-order valence-corrected chi connectivity index (χ4v) is 3.67. The molecular formula is C21H21N5O2S. The van der Waals surface area contributed by atoms with Gasteiger partial charge >= 0.3 is 6.03 Å². The van der Waals surface area contributed by atoms with E-state index in [0.29, 0.717) is 17.6 Å². The van der Waals surface area contributed by atoms with Crippen molar-refractivity contribution in [2.75, 3.05) is 5.75 Å². The predicted octanol–water partition coefficient (Wildman–Crippen LogP) is 3.26. The monoisotopic (exact) mass is 407 g/mol. The molecule has 4 rings (SSSR count). The van der Waals surface area contributed by atoms with Crippen molar-refractivity contribution in [1.29, 1.82) is 0 Å². The summed E-state index contributed by atoms with van der Waals surface area (Å²) >= 11 is 1.27. The average Bonchev–Trinajstić information content (AvgIpc) is 3.51. The van der Waals surface area contributed by atoms with Crippen LogP contribution in [-0.4, -0.2) is 32.5 Å². The third kappa shape index (κ3) is 5.03. The minimum absolute atomic E-state index is 0.0778. The second kappa shape index (κ2) is 8.91. The molecule has 0 atom stereocenters. The van der Waals surface area contributed by atoms with E-state index in [1.165, 1.54) is 11.8 Å². The summed E-state index contributed by atoms with van der Waals surface area (Å²) in [5.41, 5.74) is 1.94. The van der Waals surface area contributed by atoms with Gasteiger partial charge in [-0.05, 0) is 30.5 Å². The molecule has 2 aromatic carbocycles. The molecule has 2 N–H and O–H groups in total. The van der Waals surface area contributed by atoms with Crippen LogP contribution in [0.15, 0.2) is 65.8 Å². The molecule has 1 saturated carbocycles. The Labute approximate surface area is 172 Å². The number of hydrogen-bond acceptors (Lipinski definition) is 5. The van der Waals surface area contributed by atoms with Gasteiger partial charge in [0.2, 0.25) is 5.91 Å². The Balaban J connectivity index is 1.34. The minimum Gasteiger partial charge on any atom is -0.334 e. The van der Waals surface area contributed by atoms with Crippen LogP contribution in [0.1, 0.15) is 30.1 Å². The zero-order chi connectivity index (χ0) is 20.1. The lowest BCUT2D eigenvalue weighted by Gasteiger charge is -2.10. The Morgan fingerprint density at radius 3 is 2.38 bits per heavy atom. The summed E-state index contributed by atoms with van der Waals surface area (Å²) in [7, 11) is 0. The highest BCUT2D eigenvalue weighted by molar-refractivity contribution is 7.99. The second-order valence-electron chi connectivity index (χ2n) is 6.79. The van der Waals surface area contributed by atoms with Gasteiger partial charge in [0.05, 0.1) is 5.75 Å². The first-order chi connectivity index (χ1) is 14.2. The van der Waals surface area contributed by atoms with Crippen molar-refractivity contribution in [1.82, 2.24) is 25.4 Å². The van der Waals surface area contributed by atoms with Gasteiger partial charge in [0, 0.05) is 18.2 Å². The van der Waals surface area contributed by atoms with E-state index in [1.807, 2.05) is 65.2 Å². The summed E-state index contributed by atoms with van der Waals surface area (Å²) in [5.74, 6) is 1.06. The zero-order valence-electron chi connectivity index (χ0n) is 15.7. The van der Waals surface area contributed by atoms with Gasteiger partial charge in [0.15, 0.2) is 5.16 Å². The SMILES string of the molecule is O=C(CSc1nnc(C2CC2)n1-c1ccccc1)NC(=O)NCc1ccccc1. The normalized spacial score (nSPS) is 13.1. The average molecular weight is 407 g/mol. The molecule has 0 aliphatic heterocycles. The lowest BCUT2D eigenvalue weighted by molar-refractivity contribution is -0.117. The number of para-hydroxylation sites is 1. The maximum atomic E-state index is 12.2. The Hall–Kier alpha value is -3.13. The number of thioether (sulfide) groups is 1.